The summed E-state index contributed by atoms with van der Waals surface area (Å²) >= 11 is 0. The van der Waals surface area contributed by atoms with Crippen molar-refractivity contribution in [2.75, 3.05) is 11.9 Å². The molecule has 1 N–H and O–H groups in total. The van der Waals surface area contributed by atoms with Crippen LogP contribution in [-0.4, -0.2) is 6.54 Å². The lowest BCUT2D eigenvalue weighted by atomic mass is 9.96. The van der Waals surface area contributed by atoms with E-state index >= 15 is 0 Å². The molecular formula is C18H20FN. The zero-order valence-electron chi connectivity index (χ0n) is 11.9. The Balaban J connectivity index is 1.73. The van der Waals surface area contributed by atoms with Crippen LogP contribution in [0.4, 0.5) is 10.1 Å². The molecule has 2 heteroatoms. The lowest BCUT2D eigenvalue weighted by molar-refractivity contribution is 0.624. The van der Waals surface area contributed by atoms with Crippen LogP contribution in [0.2, 0.25) is 0 Å². The van der Waals surface area contributed by atoms with Crippen molar-refractivity contribution in [1.29, 1.82) is 0 Å². The van der Waals surface area contributed by atoms with Crippen molar-refractivity contribution in [3.63, 3.8) is 0 Å². The van der Waals surface area contributed by atoms with Crippen molar-refractivity contribution in [3.05, 3.63) is 64.5 Å². The number of nitrogens with one attached hydrogen (secondary N) is 1. The molecular weight excluding hydrogens is 249 g/mol. The molecule has 3 rings (SSSR count). The average Bonchev–Trinajstić information content (AvgIpc) is 2.48. The van der Waals surface area contributed by atoms with Gasteiger partial charge in [0.2, 0.25) is 0 Å². The Morgan fingerprint density at radius 1 is 1.10 bits per heavy atom. The predicted octanol–water partition coefficient (Wildman–Crippen LogP) is 4.28. The molecule has 1 aliphatic rings. The fourth-order valence-electron chi connectivity index (χ4n) is 2.87. The molecule has 0 saturated heterocycles. The van der Waals surface area contributed by atoms with Gasteiger partial charge in [0.15, 0.2) is 0 Å². The summed E-state index contributed by atoms with van der Waals surface area (Å²) in [7, 11) is 0. The number of hydrogen-bond acceptors (Lipinski definition) is 1. The molecule has 0 spiro atoms. The average molecular weight is 269 g/mol. The molecule has 0 atom stereocenters. The third-order valence-corrected chi connectivity index (χ3v) is 4.10. The highest BCUT2D eigenvalue weighted by molar-refractivity contribution is 5.54. The first-order valence-corrected chi connectivity index (χ1v) is 7.33. The number of fused-ring (bicyclic) bond motifs is 1. The first-order valence-electron chi connectivity index (χ1n) is 7.33. The zero-order valence-corrected chi connectivity index (χ0v) is 11.9. The number of benzene rings is 2. The van der Waals surface area contributed by atoms with E-state index in [1.807, 2.05) is 13.0 Å². The van der Waals surface area contributed by atoms with Gasteiger partial charge in [-0.3, -0.25) is 0 Å². The van der Waals surface area contributed by atoms with E-state index in [2.05, 4.69) is 23.5 Å². The molecule has 2 aromatic rings. The maximum Gasteiger partial charge on any atom is 0.123 e. The van der Waals surface area contributed by atoms with Crippen molar-refractivity contribution < 1.29 is 4.39 Å². The van der Waals surface area contributed by atoms with E-state index in [-0.39, 0.29) is 5.82 Å². The van der Waals surface area contributed by atoms with Gasteiger partial charge in [-0.1, -0.05) is 18.2 Å². The number of halogens is 1. The minimum absolute atomic E-state index is 0.139. The standard InChI is InChI=1S/C18H20FN/c1-13-4-8-17(19)12-15(13)7-5-14-6-9-18-16(11-14)3-2-10-20-18/h4,6,8-9,11-12,20H,2-3,5,7,10H2,1H3. The van der Waals surface area contributed by atoms with Gasteiger partial charge in [0, 0.05) is 12.2 Å². The lowest BCUT2D eigenvalue weighted by Gasteiger charge is -2.18. The number of rotatable bonds is 3. The van der Waals surface area contributed by atoms with Crippen LogP contribution in [0.5, 0.6) is 0 Å². The molecule has 0 aromatic heterocycles. The van der Waals surface area contributed by atoms with Crippen LogP contribution in [0.15, 0.2) is 36.4 Å². The van der Waals surface area contributed by atoms with Crippen LogP contribution in [-0.2, 0) is 19.3 Å². The molecule has 0 saturated carbocycles. The third kappa shape index (κ3) is 2.84. The molecule has 0 radical (unpaired) electrons. The van der Waals surface area contributed by atoms with Gasteiger partial charge >= 0.3 is 0 Å². The van der Waals surface area contributed by atoms with Crippen molar-refractivity contribution in [3.8, 4) is 0 Å². The van der Waals surface area contributed by atoms with E-state index in [9.17, 15) is 4.39 Å². The van der Waals surface area contributed by atoms with E-state index < -0.39 is 0 Å². The molecule has 0 unspecified atom stereocenters. The fourth-order valence-corrected chi connectivity index (χ4v) is 2.87. The Labute approximate surface area is 119 Å². The predicted molar refractivity (Wildman–Crippen MR) is 81.8 cm³/mol. The van der Waals surface area contributed by atoms with Crippen molar-refractivity contribution >= 4 is 5.69 Å². The monoisotopic (exact) mass is 269 g/mol. The Bertz CT molecular complexity index is 619. The molecule has 2 aromatic carbocycles. The first kappa shape index (κ1) is 13.2. The van der Waals surface area contributed by atoms with E-state index in [0.29, 0.717) is 0 Å². The molecule has 1 heterocycles. The summed E-state index contributed by atoms with van der Waals surface area (Å²) in [4.78, 5) is 0. The van der Waals surface area contributed by atoms with Gasteiger partial charge in [-0.2, -0.15) is 0 Å². The Hall–Kier alpha value is -1.83. The molecule has 0 aliphatic carbocycles. The lowest BCUT2D eigenvalue weighted by Crippen LogP contribution is -2.11. The van der Waals surface area contributed by atoms with Gasteiger partial charge in [0.25, 0.3) is 0 Å². The van der Waals surface area contributed by atoms with E-state index in [1.165, 1.54) is 34.9 Å². The van der Waals surface area contributed by atoms with Gasteiger partial charge < -0.3 is 5.32 Å². The molecule has 1 aliphatic heterocycles. The van der Waals surface area contributed by atoms with Crippen LogP contribution in [0.25, 0.3) is 0 Å². The topological polar surface area (TPSA) is 12.0 Å². The largest absolute Gasteiger partial charge is 0.385 e. The van der Waals surface area contributed by atoms with Gasteiger partial charge in [-0.15, -0.1) is 0 Å². The van der Waals surface area contributed by atoms with Crippen molar-refractivity contribution in [2.24, 2.45) is 0 Å². The number of anilines is 1. The summed E-state index contributed by atoms with van der Waals surface area (Å²) in [6, 6.07) is 11.7. The highest BCUT2D eigenvalue weighted by Crippen LogP contribution is 2.24. The summed E-state index contributed by atoms with van der Waals surface area (Å²) in [6.07, 6.45) is 4.24. The molecule has 0 fully saturated rings. The molecule has 0 amide bonds. The third-order valence-electron chi connectivity index (χ3n) is 4.10. The zero-order chi connectivity index (χ0) is 13.9. The van der Waals surface area contributed by atoms with Crippen molar-refractivity contribution in [1.82, 2.24) is 0 Å². The quantitative estimate of drug-likeness (QED) is 0.877. The van der Waals surface area contributed by atoms with E-state index in [4.69, 9.17) is 0 Å². The van der Waals surface area contributed by atoms with Gasteiger partial charge in [0.1, 0.15) is 5.82 Å². The smallest absolute Gasteiger partial charge is 0.123 e. The first-order chi connectivity index (χ1) is 9.72. The summed E-state index contributed by atoms with van der Waals surface area (Å²) in [6.45, 7) is 3.13. The second-order valence-electron chi connectivity index (χ2n) is 5.59. The maximum absolute atomic E-state index is 13.3. The fraction of sp³-hybridized carbons (Fsp3) is 0.333. The van der Waals surface area contributed by atoms with Crippen LogP contribution in [0, 0.1) is 12.7 Å². The highest BCUT2D eigenvalue weighted by atomic mass is 19.1. The molecule has 0 bridgehead atoms. The molecule has 104 valence electrons. The van der Waals surface area contributed by atoms with E-state index in [0.717, 1.165) is 31.4 Å². The van der Waals surface area contributed by atoms with Crippen LogP contribution in [0.1, 0.15) is 28.7 Å². The second kappa shape index (κ2) is 5.66. The summed E-state index contributed by atoms with van der Waals surface area (Å²) in [5.74, 6) is -0.139. The molecule has 1 nitrogen and oxygen atoms in total. The Kier molecular flexibility index (Phi) is 3.72. The van der Waals surface area contributed by atoms with Crippen LogP contribution >= 0.6 is 0 Å². The second-order valence-corrected chi connectivity index (χ2v) is 5.59. The summed E-state index contributed by atoms with van der Waals surface area (Å²) in [5.41, 5.74) is 6.33. The van der Waals surface area contributed by atoms with Crippen LogP contribution < -0.4 is 5.32 Å². The minimum atomic E-state index is -0.139. The number of aryl methyl sites for hydroxylation is 4. The Morgan fingerprint density at radius 2 is 2.00 bits per heavy atom. The summed E-state index contributed by atoms with van der Waals surface area (Å²) in [5, 5.41) is 3.43. The highest BCUT2D eigenvalue weighted by Gasteiger charge is 2.09. The number of hydrogen-bond donors (Lipinski definition) is 1. The minimum Gasteiger partial charge on any atom is -0.385 e. The van der Waals surface area contributed by atoms with Gasteiger partial charge in [-0.25, -0.2) is 4.39 Å². The SMILES string of the molecule is Cc1ccc(F)cc1CCc1ccc2c(c1)CCCN2. The molecule has 20 heavy (non-hydrogen) atoms. The Morgan fingerprint density at radius 3 is 2.90 bits per heavy atom. The van der Waals surface area contributed by atoms with Crippen molar-refractivity contribution in [2.45, 2.75) is 32.6 Å². The van der Waals surface area contributed by atoms with E-state index in [1.54, 1.807) is 6.07 Å². The normalized spacial score (nSPS) is 13.7. The van der Waals surface area contributed by atoms with Gasteiger partial charge in [-0.05, 0) is 73.1 Å². The maximum atomic E-state index is 13.3. The van der Waals surface area contributed by atoms with Crippen LogP contribution in [0.3, 0.4) is 0 Å². The van der Waals surface area contributed by atoms with Gasteiger partial charge in [0.05, 0.1) is 0 Å². The summed E-state index contributed by atoms with van der Waals surface area (Å²) < 4.78 is 13.3.